The number of hydrogen-bond donors (Lipinski definition) is 1. The van der Waals surface area contributed by atoms with Gasteiger partial charge in [0.05, 0.1) is 18.7 Å². The molecule has 1 aliphatic heterocycles. The van der Waals surface area contributed by atoms with Crippen LogP contribution in [0.1, 0.15) is 33.3 Å². The Kier molecular flexibility index (Phi) is 7.29. The molecule has 8 nitrogen and oxygen atoms in total. The van der Waals surface area contributed by atoms with E-state index in [-0.39, 0.29) is 16.5 Å². The largest absolute Gasteiger partial charge is 0.503 e. The predicted octanol–water partition coefficient (Wildman–Crippen LogP) is 7.33. The fourth-order valence-corrected chi connectivity index (χ4v) is 6.81. The number of thioether (sulfide) groups is 1. The molecule has 1 unspecified atom stereocenters. The normalized spacial score (nSPS) is 15.2. The molecule has 1 aliphatic rings. The fraction of sp³-hybridized carbons (Fsp3) is 0.133. The number of Topliss-reactive ketones (excluding diaryl/α,β-unsaturated/α-hetero) is 1. The molecular formula is C30H22ClN3O5S2. The summed E-state index contributed by atoms with van der Waals surface area (Å²) in [5.41, 5.74) is 2.88. The molecule has 3 aromatic carbocycles. The zero-order chi connectivity index (χ0) is 28.7. The number of para-hydroxylation sites is 1. The van der Waals surface area contributed by atoms with Crippen LogP contribution in [0.3, 0.4) is 0 Å². The van der Waals surface area contributed by atoms with Crippen molar-refractivity contribution >= 4 is 62.5 Å². The van der Waals surface area contributed by atoms with Gasteiger partial charge in [0.25, 0.3) is 5.91 Å². The number of aliphatic hydroxyl groups is 1. The number of aliphatic hydroxyl groups excluding tert-OH is 1. The van der Waals surface area contributed by atoms with Gasteiger partial charge in [-0.2, -0.15) is 0 Å². The summed E-state index contributed by atoms with van der Waals surface area (Å²) in [5, 5.41) is 21.2. The lowest BCUT2D eigenvalue weighted by atomic mass is 9.94. The van der Waals surface area contributed by atoms with Crippen LogP contribution in [0.4, 0.5) is 5.13 Å². The van der Waals surface area contributed by atoms with Crippen molar-refractivity contribution in [2.24, 2.45) is 0 Å². The molecule has 0 spiro atoms. The Morgan fingerprint density at radius 1 is 1.12 bits per heavy atom. The fourth-order valence-electron chi connectivity index (χ4n) is 4.65. The summed E-state index contributed by atoms with van der Waals surface area (Å²) >= 11 is 8.92. The standard InChI is InChI=1S/C30H22ClN3O5S2/c1-16-10-12-17(13-11-16)24-23(25(35)22-14-18-7-5-9-21(38-2)27(18)39-22)26(36)28(37)34(24)29-32-33-30(41-29)40-15-19-6-3-4-8-20(19)31/h3-14,24,36H,15H2,1-2H3. The van der Waals surface area contributed by atoms with E-state index in [2.05, 4.69) is 10.2 Å². The maximum absolute atomic E-state index is 13.9. The number of aryl methyl sites for hydroxylation is 1. The molecule has 11 heteroatoms. The van der Waals surface area contributed by atoms with Crippen molar-refractivity contribution < 1.29 is 23.8 Å². The Labute approximate surface area is 248 Å². The van der Waals surface area contributed by atoms with Gasteiger partial charge in [-0.25, -0.2) is 0 Å². The van der Waals surface area contributed by atoms with Crippen molar-refractivity contribution in [3.05, 3.63) is 112 Å². The molecule has 5 aromatic rings. The summed E-state index contributed by atoms with van der Waals surface area (Å²) in [6, 6.07) is 20.9. The number of halogens is 1. The Hall–Kier alpha value is -4.12. The topological polar surface area (TPSA) is 106 Å². The van der Waals surface area contributed by atoms with Crippen LogP contribution in [0.5, 0.6) is 5.75 Å². The summed E-state index contributed by atoms with van der Waals surface area (Å²) < 4.78 is 11.9. The second-order valence-electron chi connectivity index (χ2n) is 9.30. The third-order valence-electron chi connectivity index (χ3n) is 6.71. The second-order valence-corrected chi connectivity index (χ2v) is 11.9. The molecule has 1 N–H and O–H groups in total. The molecule has 0 radical (unpaired) electrons. The number of ether oxygens (including phenoxy) is 1. The van der Waals surface area contributed by atoms with Gasteiger partial charge >= 0.3 is 0 Å². The number of methoxy groups -OCH3 is 1. The number of ketones is 1. The molecule has 1 amide bonds. The minimum atomic E-state index is -0.944. The molecule has 6 rings (SSSR count). The molecule has 1 atom stereocenters. The predicted molar refractivity (Wildman–Crippen MR) is 159 cm³/mol. The number of aromatic nitrogens is 2. The van der Waals surface area contributed by atoms with E-state index in [0.717, 1.165) is 11.1 Å². The number of benzene rings is 3. The number of furan rings is 1. The smallest absolute Gasteiger partial charge is 0.296 e. The summed E-state index contributed by atoms with van der Waals surface area (Å²) in [4.78, 5) is 28.8. The molecular weight excluding hydrogens is 582 g/mol. The highest BCUT2D eigenvalue weighted by atomic mass is 35.5. The van der Waals surface area contributed by atoms with Crippen LogP contribution >= 0.6 is 34.7 Å². The maximum atomic E-state index is 13.9. The van der Waals surface area contributed by atoms with E-state index < -0.39 is 23.5 Å². The molecule has 3 heterocycles. The van der Waals surface area contributed by atoms with E-state index in [1.807, 2.05) is 55.5 Å². The van der Waals surface area contributed by atoms with Crippen LogP contribution in [-0.4, -0.2) is 34.1 Å². The SMILES string of the molecule is COc1cccc2cc(C(=O)C3=C(O)C(=O)N(c4nnc(SCc5ccccc5Cl)s4)C3c3ccc(C)cc3)oc12. The minimum Gasteiger partial charge on any atom is -0.503 e. The van der Waals surface area contributed by atoms with Crippen molar-refractivity contribution in [3.63, 3.8) is 0 Å². The number of hydrogen-bond acceptors (Lipinski definition) is 9. The number of fused-ring (bicyclic) bond motifs is 1. The van der Waals surface area contributed by atoms with Gasteiger partial charge in [-0.05, 0) is 36.2 Å². The highest BCUT2D eigenvalue weighted by molar-refractivity contribution is 8.00. The monoisotopic (exact) mass is 603 g/mol. The molecule has 2 aromatic heterocycles. The van der Waals surface area contributed by atoms with Crippen LogP contribution in [0.15, 0.2) is 92.9 Å². The van der Waals surface area contributed by atoms with Crippen LogP contribution in [0, 0.1) is 6.92 Å². The molecule has 206 valence electrons. The second kappa shape index (κ2) is 11.0. The van der Waals surface area contributed by atoms with Crippen molar-refractivity contribution in [2.75, 3.05) is 12.0 Å². The van der Waals surface area contributed by atoms with Crippen molar-refractivity contribution in [3.8, 4) is 5.75 Å². The van der Waals surface area contributed by atoms with E-state index >= 15 is 0 Å². The van der Waals surface area contributed by atoms with Gasteiger partial charge in [0.15, 0.2) is 27.2 Å². The van der Waals surface area contributed by atoms with Gasteiger partial charge in [0, 0.05) is 16.2 Å². The van der Waals surface area contributed by atoms with Gasteiger partial charge in [-0.1, -0.05) is 94.9 Å². The minimum absolute atomic E-state index is 0.0222. The molecule has 41 heavy (non-hydrogen) atoms. The zero-order valence-electron chi connectivity index (χ0n) is 21.8. The number of rotatable bonds is 8. The highest BCUT2D eigenvalue weighted by Gasteiger charge is 2.46. The van der Waals surface area contributed by atoms with Gasteiger partial charge in [-0.3, -0.25) is 14.5 Å². The summed E-state index contributed by atoms with van der Waals surface area (Å²) in [7, 11) is 1.51. The quantitative estimate of drug-likeness (QED) is 0.112. The van der Waals surface area contributed by atoms with E-state index in [0.29, 0.717) is 37.4 Å². The van der Waals surface area contributed by atoms with Crippen molar-refractivity contribution in [2.45, 2.75) is 23.1 Å². The van der Waals surface area contributed by atoms with Crippen LogP contribution in [0.25, 0.3) is 11.0 Å². The Morgan fingerprint density at radius 3 is 2.66 bits per heavy atom. The van der Waals surface area contributed by atoms with E-state index in [1.165, 1.54) is 35.1 Å². The van der Waals surface area contributed by atoms with Gasteiger partial charge < -0.3 is 14.3 Å². The number of nitrogens with zero attached hydrogens (tertiary/aromatic N) is 3. The first-order chi connectivity index (χ1) is 19.9. The van der Waals surface area contributed by atoms with E-state index in [4.69, 9.17) is 20.8 Å². The Balaban J connectivity index is 1.37. The first-order valence-electron chi connectivity index (χ1n) is 12.5. The first-order valence-corrected chi connectivity index (χ1v) is 14.7. The van der Waals surface area contributed by atoms with Crippen molar-refractivity contribution in [1.82, 2.24) is 10.2 Å². The molecule has 0 aliphatic carbocycles. The van der Waals surface area contributed by atoms with Crippen LogP contribution < -0.4 is 9.64 Å². The summed E-state index contributed by atoms with van der Waals surface area (Å²) in [5.74, 6) is -1.01. The Bertz CT molecular complexity index is 1830. The van der Waals surface area contributed by atoms with E-state index in [1.54, 1.807) is 24.3 Å². The number of carbonyl (C=O) groups excluding carboxylic acids is 2. The van der Waals surface area contributed by atoms with Crippen LogP contribution in [0.2, 0.25) is 5.02 Å². The lowest BCUT2D eigenvalue weighted by molar-refractivity contribution is -0.117. The molecule has 0 bridgehead atoms. The van der Waals surface area contributed by atoms with Crippen LogP contribution in [-0.2, 0) is 10.5 Å². The summed E-state index contributed by atoms with van der Waals surface area (Å²) in [6.45, 7) is 1.94. The lowest BCUT2D eigenvalue weighted by Gasteiger charge is -2.23. The van der Waals surface area contributed by atoms with E-state index in [9.17, 15) is 14.7 Å². The third kappa shape index (κ3) is 4.99. The Morgan fingerprint density at radius 2 is 1.90 bits per heavy atom. The molecule has 0 saturated heterocycles. The van der Waals surface area contributed by atoms with Gasteiger partial charge in [0.1, 0.15) is 0 Å². The zero-order valence-corrected chi connectivity index (χ0v) is 24.2. The van der Waals surface area contributed by atoms with Crippen molar-refractivity contribution in [1.29, 1.82) is 0 Å². The third-order valence-corrected chi connectivity index (χ3v) is 9.18. The molecule has 0 fully saturated rings. The molecule has 0 saturated carbocycles. The van der Waals surface area contributed by atoms with Gasteiger partial charge in [0.2, 0.25) is 10.9 Å². The maximum Gasteiger partial charge on any atom is 0.296 e. The average Bonchev–Trinajstić information content (AvgIpc) is 3.69. The summed E-state index contributed by atoms with van der Waals surface area (Å²) in [6.07, 6.45) is 0. The number of anilines is 1. The average molecular weight is 604 g/mol. The van der Waals surface area contributed by atoms with Gasteiger partial charge in [-0.15, -0.1) is 10.2 Å². The first kappa shape index (κ1) is 27.1. The highest BCUT2D eigenvalue weighted by Crippen LogP contribution is 2.44. The number of carbonyl (C=O) groups is 2. The number of amides is 1. The lowest BCUT2D eigenvalue weighted by Crippen LogP contribution is -2.31.